The van der Waals surface area contributed by atoms with Crippen molar-refractivity contribution in [2.24, 2.45) is 5.92 Å². The Balaban J connectivity index is 2.03. The van der Waals surface area contributed by atoms with Crippen LogP contribution in [0.5, 0.6) is 0 Å². The molecule has 0 unspecified atom stereocenters. The van der Waals surface area contributed by atoms with Crippen LogP contribution < -0.4 is 10.7 Å². The molecular weight excluding hydrogens is 433 g/mol. The van der Waals surface area contributed by atoms with Crippen molar-refractivity contribution in [2.75, 3.05) is 18.1 Å². The number of rotatable bonds is 13. The van der Waals surface area contributed by atoms with Gasteiger partial charge >= 0.3 is 12.1 Å². The van der Waals surface area contributed by atoms with E-state index in [-0.39, 0.29) is 18.9 Å². The second kappa shape index (κ2) is 10.4. The smallest absolute Gasteiger partial charge is 0.381 e. The van der Waals surface area contributed by atoms with Gasteiger partial charge in [0.05, 0.1) is 12.6 Å². The molecule has 0 heterocycles. The molecule has 3 N–H and O–H groups in total. The van der Waals surface area contributed by atoms with Crippen molar-refractivity contribution in [1.29, 1.82) is 0 Å². The summed E-state index contributed by atoms with van der Waals surface area (Å²) in [5.41, 5.74) is 1.85. The topological polar surface area (TPSA) is 81.7 Å². The minimum absolute atomic E-state index is 0.0230. The van der Waals surface area contributed by atoms with Crippen molar-refractivity contribution < 1.29 is 36.6 Å². The number of carbonyl (C=O) groups is 2. The molecule has 0 radical (unpaired) electrons. The first-order valence-corrected chi connectivity index (χ1v) is 11.2. The van der Waals surface area contributed by atoms with Gasteiger partial charge in [0.2, 0.25) is 5.91 Å². The van der Waals surface area contributed by atoms with E-state index in [0.717, 1.165) is 31.4 Å². The lowest BCUT2D eigenvalue weighted by Gasteiger charge is -2.35. The average Bonchev–Trinajstić information content (AvgIpc) is 3.56. The van der Waals surface area contributed by atoms with Gasteiger partial charge in [0.1, 0.15) is 0 Å². The van der Waals surface area contributed by atoms with Gasteiger partial charge in [0.15, 0.2) is 6.10 Å². The van der Waals surface area contributed by atoms with Crippen LogP contribution in [0.25, 0.3) is 0 Å². The average molecular weight is 461 g/mol. The summed E-state index contributed by atoms with van der Waals surface area (Å²) in [7, 11) is 0. The number of aliphatic hydroxyl groups excluding tert-OH is 1. The zero-order valence-corrected chi connectivity index (χ0v) is 17.5. The fraction of sp³-hybridized carbons (Fsp3) is 0.889. The van der Waals surface area contributed by atoms with Gasteiger partial charge in [-0.15, -0.1) is 0 Å². The number of hydrogen-bond acceptors (Lipinski definition) is 5. The van der Waals surface area contributed by atoms with Crippen molar-refractivity contribution in [3.05, 3.63) is 0 Å². The molecule has 0 aliphatic heterocycles. The normalized spacial score (nSPS) is 19.3. The summed E-state index contributed by atoms with van der Waals surface area (Å²) in [6.07, 6.45) is -3.95. The van der Waals surface area contributed by atoms with Gasteiger partial charge in [-0.25, -0.2) is 5.43 Å². The predicted octanol–water partition coefficient (Wildman–Crippen LogP) is 2.47. The number of hydrogen-bond donors (Lipinski definition) is 3. The Morgan fingerprint density at radius 1 is 1.17 bits per heavy atom. The molecule has 0 spiro atoms. The van der Waals surface area contributed by atoms with E-state index in [4.69, 9.17) is 0 Å². The van der Waals surface area contributed by atoms with Gasteiger partial charge < -0.3 is 10.4 Å². The monoisotopic (exact) mass is 461 g/mol. The lowest BCUT2D eigenvalue weighted by atomic mass is 10.1. The van der Waals surface area contributed by atoms with Gasteiger partial charge in [-0.2, -0.15) is 33.7 Å². The lowest BCUT2D eigenvalue weighted by molar-refractivity contribution is -0.282. The van der Waals surface area contributed by atoms with Crippen LogP contribution in [0.2, 0.25) is 0 Å². The van der Waals surface area contributed by atoms with Crippen molar-refractivity contribution in [3.63, 3.8) is 0 Å². The molecule has 0 bridgehead atoms. The number of thioether (sulfide) groups is 1. The number of nitrogens with one attached hydrogen (secondary N) is 2. The van der Waals surface area contributed by atoms with E-state index in [1.807, 2.05) is 5.43 Å². The van der Waals surface area contributed by atoms with Gasteiger partial charge in [-0.05, 0) is 43.8 Å². The number of aliphatic hydroxyl groups is 1. The van der Waals surface area contributed by atoms with Crippen molar-refractivity contribution in [3.8, 4) is 0 Å². The summed E-state index contributed by atoms with van der Waals surface area (Å²) in [5.74, 6) is -4.77. The number of nitrogens with zero attached hydrogens (tertiary/aromatic N) is 1. The molecule has 2 atom stereocenters. The Labute approximate surface area is 176 Å². The number of halogens is 5. The Bertz CT molecular complexity index is 600. The molecule has 2 fully saturated rings. The van der Waals surface area contributed by atoms with Crippen LogP contribution in [0.4, 0.5) is 22.0 Å². The molecule has 0 aromatic carbocycles. The van der Waals surface area contributed by atoms with Gasteiger partial charge in [-0.3, -0.25) is 14.6 Å². The van der Waals surface area contributed by atoms with E-state index in [9.17, 15) is 36.6 Å². The number of carbonyl (C=O) groups excluding carboxylic acids is 2. The largest absolute Gasteiger partial charge is 0.454 e. The Morgan fingerprint density at radius 2 is 1.80 bits per heavy atom. The third-order valence-electron chi connectivity index (χ3n) is 4.97. The first kappa shape index (κ1) is 25.1. The predicted molar refractivity (Wildman–Crippen MR) is 102 cm³/mol. The molecule has 174 valence electrons. The molecule has 0 aromatic heterocycles. The summed E-state index contributed by atoms with van der Waals surface area (Å²) >= 11 is 1.50. The molecule has 2 aliphatic carbocycles. The second-order valence-electron chi connectivity index (χ2n) is 7.77. The van der Waals surface area contributed by atoms with E-state index in [0.29, 0.717) is 16.7 Å². The van der Waals surface area contributed by atoms with Gasteiger partial charge in [0, 0.05) is 18.2 Å². The van der Waals surface area contributed by atoms with Crippen LogP contribution in [0.15, 0.2) is 0 Å². The van der Waals surface area contributed by atoms with Crippen LogP contribution >= 0.6 is 11.8 Å². The zero-order chi connectivity index (χ0) is 22.5. The summed E-state index contributed by atoms with van der Waals surface area (Å²) < 4.78 is 64.4. The first-order chi connectivity index (χ1) is 14.0. The molecule has 2 aliphatic rings. The van der Waals surface area contributed by atoms with E-state index in [2.05, 4.69) is 5.32 Å². The Hall–Kier alpha value is -1.14. The number of alkyl halides is 5. The molecular formula is C18H28F5N3O3S. The standard InChI is InChI=1S/C18H28F5N3O3S/c1-2-13(15(28)16(29)25-12-5-6-12)26(24-10-17(19,20)18(21,22)23)14(27)7-8-30-9-11-3-4-11/h11-13,15,24,28H,2-10H2,1H3,(H,25,29)/t13-,15+/m0/s1. The number of hydrazine groups is 1. The lowest BCUT2D eigenvalue weighted by Crippen LogP contribution is -2.60. The summed E-state index contributed by atoms with van der Waals surface area (Å²) in [4.78, 5) is 24.8. The van der Waals surface area contributed by atoms with Gasteiger partial charge in [0.25, 0.3) is 5.91 Å². The van der Waals surface area contributed by atoms with E-state index in [1.165, 1.54) is 18.7 Å². The Kier molecular flexibility index (Phi) is 8.75. The fourth-order valence-electron chi connectivity index (χ4n) is 2.73. The molecule has 30 heavy (non-hydrogen) atoms. The van der Waals surface area contributed by atoms with Crippen molar-refractivity contribution >= 4 is 23.6 Å². The Morgan fingerprint density at radius 3 is 2.30 bits per heavy atom. The van der Waals surface area contributed by atoms with E-state index >= 15 is 0 Å². The quantitative estimate of drug-likeness (QED) is 0.223. The third kappa shape index (κ3) is 7.52. The molecule has 2 saturated carbocycles. The zero-order valence-electron chi connectivity index (χ0n) is 16.7. The van der Waals surface area contributed by atoms with Crippen molar-refractivity contribution in [1.82, 2.24) is 15.8 Å². The second-order valence-corrected chi connectivity index (χ2v) is 8.92. The van der Waals surface area contributed by atoms with Crippen LogP contribution in [-0.4, -0.2) is 70.3 Å². The molecule has 0 aromatic rings. The highest BCUT2D eigenvalue weighted by Crippen LogP contribution is 2.35. The van der Waals surface area contributed by atoms with Crippen molar-refractivity contribution in [2.45, 2.75) is 75.7 Å². The van der Waals surface area contributed by atoms with Gasteiger partial charge in [-0.1, -0.05) is 6.92 Å². The highest BCUT2D eigenvalue weighted by Gasteiger charge is 2.57. The summed E-state index contributed by atoms with van der Waals surface area (Å²) in [6, 6.07) is -1.37. The highest BCUT2D eigenvalue weighted by molar-refractivity contribution is 7.99. The molecule has 6 nitrogen and oxygen atoms in total. The number of amides is 2. The minimum atomic E-state index is -5.79. The fourth-order valence-corrected chi connectivity index (χ4v) is 3.88. The molecule has 2 rings (SSSR count). The van der Waals surface area contributed by atoms with E-state index < -0.39 is 42.6 Å². The summed E-state index contributed by atoms with van der Waals surface area (Å²) in [6.45, 7) is -0.366. The van der Waals surface area contributed by atoms with Crippen LogP contribution in [0.1, 0.15) is 45.4 Å². The van der Waals surface area contributed by atoms with Crippen LogP contribution in [-0.2, 0) is 9.59 Å². The van der Waals surface area contributed by atoms with Crippen LogP contribution in [0.3, 0.4) is 0 Å². The summed E-state index contributed by atoms with van der Waals surface area (Å²) in [5, 5.41) is 13.5. The molecule has 12 heteroatoms. The molecule has 2 amide bonds. The SMILES string of the molecule is CC[C@@H]([C@@H](O)C(=O)NC1CC1)N(NCC(F)(F)C(F)(F)F)C(=O)CCSCC1CC1. The van der Waals surface area contributed by atoms with E-state index in [1.54, 1.807) is 0 Å². The van der Waals surface area contributed by atoms with Crippen LogP contribution in [0, 0.1) is 5.92 Å². The third-order valence-corrected chi connectivity index (χ3v) is 6.17. The maximum Gasteiger partial charge on any atom is 0.454 e. The maximum atomic E-state index is 13.4. The maximum absolute atomic E-state index is 13.4. The highest BCUT2D eigenvalue weighted by atomic mass is 32.2. The molecule has 0 saturated heterocycles. The first-order valence-electron chi connectivity index (χ1n) is 10.0. The minimum Gasteiger partial charge on any atom is -0.381 e.